The van der Waals surface area contributed by atoms with Crippen molar-refractivity contribution in [1.82, 2.24) is 10.6 Å². The second-order valence-electron chi connectivity index (χ2n) is 4.42. The van der Waals surface area contributed by atoms with Gasteiger partial charge in [-0.25, -0.2) is 0 Å². The zero-order valence-corrected chi connectivity index (χ0v) is 9.88. The summed E-state index contributed by atoms with van der Waals surface area (Å²) in [6, 6.07) is -0.814. The van der Waals surface area contributed by atoms with Gasteiger partial charge in [0, 0.05) is 0 Å². The molecule has 92 valence electrons. The number of carbonyl (C=O) groups excluding carboxylic acids is 1. The van der Waals surface area contributed by atoms with Gasteiger partial charge in [-0.05, 0) is 39.3 Å². The third-order valence-corrected chi connectivity index (χ3v) is 3.44. The molecule has 0 aliphatic carbocycles. The standard InChI is InChI=1S/C11H20N2O3/c1-3-11(4-6-12-7-5-11)10(16)13-8(2)9(14)15/h8,12H,3-7H2,1-2H3,(H,13,16)(H,14,15). The molecular weight excluding hydrogens is 208 g/mol. The number of nitrogens with one attached hydrogen (secondary N) is 2. The zero-order valence-electron chi connectivity index (χ0n) is 9.88. The van der Waals surface area contributed by atoms with Crippen LogP contribution < -0.4 is 10.6 Å². The Bertz CT molecular complexity index is 272. The Balaban J connectivity index is 2.65. The van der Waals surface area contributed by atoms with E-state index in [0.717, 1.165) is 32.4 Å². The molecule has 0 aromatic carbocycles. The summed E-state index contributed by atoms with van der Waals surface area (Å²) in [4.78, 5) is 22.7. The fraction of sp³-hybridized carbons (Fsp3) is 0.818. The second kappa shape index (κ2) is 5.30. The number of aliphatic carboxylic acids is 1. The molecule has 1 heterocycles. The molecule has 16 heavy (non-hydrogen) atoms. The molecule has 0 saturated carbocycles. The monoisotopic (exact) mass is 228 g/mol. The van der Waals surface area contributed by atoms with E-state index in [1.165, 1.54) is 6.92 Å². The number of carboxylic acid groups (broad SMARTS) is 1. The van der Waals surface area contributed by atoms with Crippen LogP contribution in [0.15, 0.2) is 0 Å². The Kier molecular flexibility index (Phi) is 4.29. The molecule has 1 rings (SSSR count). The van der Waals surface area contributed by atoms with Gasteiger partial charge >= 0.3 is 5.97 Å². The summed E-state index contributed by atoms with van der Waals surface area (Å²) < 4.78 is 0. The van der Waals surface area contributed by atoms with Crippen LogP contribution in [0, 0.1) is 5.41 Å². The Morgan fingerprint density at radius 1 is 1.44 bits per heavy atom. The highest BCUT2D eigenvalue weighted by Gasteiger charge is 2.38. The minimum Gasteiger partial charge on any atom is -0.480 e. The van der Waals surface area contributed by atoms with Crippen LogP contribution in [-0.2, 0) is 9.59 Å². The van der Waals surface area contributed by atoms with Crippen molar-refractivity contribution in [3.05, 3.63) is 0 Å². The first-order valence-corrected chi connectivity index (χ1v) is 5.76. The van der Waals surface area contributed by atoms with E-state index in [1.807, 2.05) is 6.92 Å². The molecule has 1 aliphatic heterocycles. The Hall–Kier alpha value is -1.10. The molecule has 1 aliphatic rings. The molecule has 0 aromatic rings. The number of carboxylic acids is 1. The molecular formula is C11H20N2O3. The maximum absolute atomic E-state index is 12.1. The van der Waals surface area contributed by atoms with Crippen LogP contribution >= 0.6 is 0 Å². The molecule has 5 heteroatoms. The normalized spacial score (nSPS) is 21.1. The Morgan fingerprint density at radius 3 is 2.44 bits per heavy atom. The van der Waals surface area contributed by atoms with Crippen molar-refractivity contribution < 1.29 is 14.7 Å². The predicted molar refractivity (Wildman–Crippen MR) is 60.1 cm³/mol. The van der Waals surface area contributed by atoms with Crippen molar-refractivity contribution in [3.8, 4) is 0 Å². The quantitative estimate of drug-likeness (QED) is 0.649. The number of amides is 1. The van der Waals surface area contributed by atoms with Crippen molar-refractivity contribution in [1.29, 1.82) is 0 Å². The average Bonchev–Trinajstić information content (AvgIpc) is 2.29. The topological polar surface area (TPSA) is 78.4 Å². The first kappa shape index (κ1) is 13.0. The van der Waals surface area contributed by atoms with Gasteiger partial charge in [0.15, 0.2) is 0 Å². The van der Waals surface area contributed by atoms with Gasteiger partial charge < -0.3 is 15.7 Å². The lowest BCUT2D eigenvalue weighted by atomic mass is 9.75. The van der Waals surface area contributed by atoms with E-state index in [2.05, 4.69) is 10.6 Å². The fourth-order valence-electron chi connectivity index (χ4n) is 2.06. The summed E-state index contributed by atoms with van der Waals surface area (Å²) in [6.07, 6.45) is 2.32. The van der Waals surface area contributed by atoms with Gasteiger partial charge in [0.05, 0.1) is 5.41 Å². The van der Waals surface area contributed by atoms with E-state index in [0.29, 0.717) is 0 Å². The number of hydrogen-bond donors (Lipinski definition) is 3. The smallest absolute Gasteiger partial charge is 0.325 e. The molecule has 5 nitrogen and oxygen atoms in total. The van der Waals surface area contributed by atoms with Crippen molar-refractivity contribution >= 4 is 11.9 Å². The van der Waals surface area contributed by atoms with Gasteiger partial charge in [-0.3, -0.25) is 9.59 Å². The third kappa shape index (κ3) is 2.72. The van der Waals surface area contributed by atoms with Crippen LogP contribution in [0.4, 0.5) is 0 Å². The Labute approximate surface area is 95.6 Å². The molecule has 1 amide bonds. The van der Waals surface area contributed by atoms with E-state index >= 15 is 0 Å². The van der Waals surface area contributed by atoms with Gasteiger partial charge in [0.25, 0.3) is 0 Å². The molecule has 0 radical (unpaired) electrons. The number of piperidine rings is 1. The van der Waals surface area contributed by atoms with Crippen LogP contribution in [0.25, 0.3) is 0 Å². The van der Waals surface area contributed by atoms with Crippen LogP contribution in [0.3, 0.4) is 0 Å². The van der Waals surface area contributed by atoms with Gasteiger partial charge in [-0.2, -0.15) is 0 Å². The lowest BCUT2D eigenvalue weighted by Gasteiger charge is -2.35. The van der Waals surface area contributed by atoms with Crippen LogP contribution in [0.2, 0.25) is 0 Å². The highest BCUT2D eigenvalue weighted by molar-refractivity contribution is 5.87. The molecule has 3 N–H and O–H groups in total. The van der Waals surface area contributed by atoms with Gasteiger partial charge in [-0.1, -0.05) is 6.92 Å². The molecule has 1 unspecified atom stereocenters. The van der Waals surface area contributed by atoms with E-state index in [9.17, 15) is 9.59 Å². The summed E-state index contributed by atoms with van der Waals surface area (Å²) in [6.45, 7) is 5.12. The largest absolute Gasteiger partial charge is 0.480 e. The van der Waals surface area contributed by atoms with Gasteiger partial charge in [-0.15, -0.1) is 0 Å². The summed E-state index contributed by atoms with van der Waals surface area (Å²) in [7, 11) is 0. The second-order valence-corrected chi connectivity index (χ2v) is 4.42. The maximum Gasteiger partial charge on any atom is 0.325 e. The summed E-state index contributed by atoms with van der Waals surface area (Å²) in [5.74, 6) is -1.11. The van der Waals surface area contributed by atoms with Crippen LogP contribution in [0.1, 0.15) is 33.1 Å². The summed E-state index contributed by atoms with van der Waals surface area (Å²) in [5.41, 5.74) is -0.380. The van der Waals surface area contributed by atoms with E-state index in [1.54, 1.807) is 0 Å². The minimum atomic E-state index is -0.992. The van der Waals surface area contributed by atoms with Gasteiger partial charge in [0.2, 0.25) is 5.91 Å². The first-order valence-electron chi connectivity index (χ1n) is 5.76. The number of rotatable bonds is 4. The molecule has 1 fully saturated rings. The lowest BCUT2D eigenvalue weighted by molar-refractivity contribution is -0.144. The highest BCUT2D eigenvalue weighted by Crippen LogP contribution is 2.32. The first-order chi connectivity index (χ1) is 7.52. The van der Waals surface area contributed by atoms with Crippen LogP contribution in [-0.4, -0.2) is 36.1 Å². The van der Waals surface area contributed by atoms with E-state index in [4.69, 9.17) is 5.11 Å². The van der Waals surface area contributed by atoms with Crippen molar-refractivity contribution in [2.45, 2.75) is 39.2 Å². The zero-order chi connectivity index (χ0) is 12.2. The number of hydrogen-bond acceptors (Lipinski definition) is 3. The molecule has 0 spiro atoms. The van der Waals surface area contributed by atoms with Crippen molar-refractivity contribution in [3.63, 3.8) is 0 Å². The van der Waals surface area contributed by atoms with E-state index < -0.39 is 12.0 Å². The average molecular weight is 228 g/mol. The van der Waals surface area contributed by atoms with Crippen molar-refractivity contribution in [2.75, 3.05) is 13.1 Å². The number of carbonyl (C=O) groups is 2. The molecule has 1 atom stereocenters. The molecule has 1 saturated heterocycles. The van der Waals surface area contributed by atoms with E-state index in [-0.39, 0.29) is 11.3 Å². The molecule has 0 aromatic heterocycles. The Morgan fingerprint density at radius 2 is 2.00 bits per heavy atom. The predicted octanol–water partition coefficient (Wildman–Crippen LogP) is 0.355. The van der Waals surface area contributed by atoms with Gasteiger partial charge in [0.1, 0.15) is 6.04 Å². The molecule has 0 bridgehead atoms. The maximum atomic E-state index is 12.1. The highest BCUT2D eigenvalue weighted by atomic mass is 16.4. The summed E-state index contributed by atoms with van der Waals surface area (Å²) in [5, 5.41) is 14.5. The third-order valence-electron chi connectivity index (χ3n) is 3.44. The fourth-order valence-corrected chi connectivity index (χ4v) is 2.06. The lowest BCUT2D eigenvalue weighted by Crippen LogP contribution is -2.51. The van der Waals surface area contributed by atoms with Crippen molar-refractivity contribution in [2.24, 2.45) is 5.41 Å². The minimum absolute atomic E-state index is 0.119. The SMILES string of the molecule is CCC1(C(=O)NC(C)C(=O)O)CCNCC1. The van der Waals surface area contributed by atoms with Crippen LogP contribution in [0.5, 0.6) is 0 Å². The summed E-state index contributed by atoms with van der Waals surface area (Å²) >= 11 is 0.